The lowest BCUT2D eigenvalue weighted by Gasteiger charge is -2.26. The molecule has 1 aliphatic heterocycles. The van der Waals surface area contributed by atoms with E-state index in [2.05, 4.69) is 4.98 Å². The predicted molar refractivity (Wildman–Crippen MR) is 73.6 cm³/mol. The number of fused-ring (bicyclic) bond motifs is 3. The molecule has 1 N–H and O–H groups in total. The van der Waals surface area contributed by atoms with Crippen LogP contribution in [0.4, 0.5) is 0 Å². The number of nitrogens with zero attached hydrogens (tertiary/aromatic N) is 2. The number of carbonyl (C=O) groups excluding carboxylic acids is 1. The van der Waals surface area contributed by atoms with Crippen LogP contribution < -0.4 is 0 Å². The summed E-state index contributed by atoms with van der Waals surface area (Å²) in [5, 5.41) is 12.1. The number of pyridine rings is 1. The minimum atomic E-state index is -1.23. The highest BCUT2D eigenvalue weighted by Crippen LogP contribution is 2.38. The quantitative estimate of drug-likeness (QED) is 0.732. The van der Waals surface area contributed by atoms with Gasteiger partial charge in [-0.1, -0.05) is 18.2 Å². The molecule has 2 unspecified atom stereocenters. The van der Waals surface area contributed by atoms with Crippen molar-refractivity contribution in [1.29, 1.82) is 0 Å². The molecule has 0 amide bonds. The summed E-state index contributed by atoms with van der Waals surface area (Å²) in [6.07, 6.45) is -0.271. The second-order valence-corrected chi connectivity index (χ2v) is 4.88. The first-order chi connectivity index (χ1) is 9.74. The molecular weight excluding hydrogens is 256 g/mol. The van der Waals surface area contributed by atoms with Gasteiger partial charge in [0.1, 0.15) is 6.10 Å². The van der Waals surface area contributed by atoms with Gasteiger partial charge in [0.05, 0.1) is 16.7 Å². The van der Waals surface area contributed by atoms with E-state index in [1.165, 1.54) is 7.11 Å². The number of aliphatic hydroxyl groups is 1. The normalized spacial score (nSPS) is 21.8. The Morgan fingerprint density at radius 2 is 2.05 bits per heavy atom. The van der Waals surface area contributed by atoms with Gasteiger partial charge in [-0.25, -0.2) is 0 Å². The summed E-state index contributed by atoms with van der Waals surface area (Å²) in [5.74, 6) is -0.372. The smallest absolute Gasteiger partial charge is 0.263 e. The molecule has 20 heavy (non-hydrogen) atoms. The molecule has 5 nitrogen and oxygen atoms in total. The minimum Gasteiger partial charge on any atom is -0.380 e. The van der Waals surface area contributed by atoms with Crippen LogP contribution in [0.3, 0.4) is 0 Å². The Balaban J connectivity index is 2.26. The Labute approximate surface area is 114 Å². The zero-order valence-electron chi connectivity index (χ0n) is 10.8. The SMILES string of the molecule is COC1c2nccc3c4ccccc4n(c23)C(=O)C1O. The van der Waals surface area contributed by atoms with Crippen LogP contribution in [0.2, 0.25) is 0 Å². The largest absolute Gasteiger partial charge is 0.380 e. The molecule has 2 aromatic heterocycles. The van der Waals surface area contributed by atoms with Crippen LogP contribution in [0.25, 0.3) is 21.8 Å². The number of ether oxygens (including phenoxy) is 1. The molecule has 0 bridgehead atoms. The van der Waals surface area contributed by atoms with E-state index in [1.54, 1.807) is 10.8 Å². The van der Waals surface area contributed by atoms with Gasteiger partial charge in [0.15, 0.2) is 6.10 Å². The highest BCUT2D eigenvalue weighted by molar-refractivity contribution is 6.15. The van der Waals surface area contributed by atoms with Crippen LogP contribution in [-0.4, -0.2) is 33.8 Å². The number of benzene rings is 1. The lowest BCUT2D eigenvalue weighted by atomic mass is 10.0. The number of aliphatic hydroxyl groups excluding tert-OH is 1. The molecular formula is C15H12N2O3. The Kier molecular flexibility index (Phi) is 2.24. The highest BCUT2D eigenvalue weighted by Gasteiger charge is 2.38. The van der Waals surface area contributed by atoms with Crippen LogP contribution in [0.5, 0.6) is 0 Å². The van der Waals surface area contributed by atoms with Crippen LogP contribution >= 0.6 is 0 Å². The van der Waals surface area contributed by atoms with E-state index in [0.717, 1.165) is 21.8 Å². The van der Waals surface area contributed by atoms with Crippen molar-refractivity contribution in [3.8, 4) is 0 Å². The van der Waals surface area contributed by atoms with Gasteiger partial charge in [-0.2, -0.15) is 0 Å². The van der Waals surface area contributed by atoms with Gasteiger partial charge in [0.2, 0.25) is 0 Å². The van der Waals surface area contributed by atoms with Gasteiger partial charge in [-0.05, 0) is 12.1 Å². The molecule has 3 heterocycles. The molecule has 5 heteroatoms. The number of rotatable bonds is 1. The van der Waals surface area contributed by atoms with Crippen molar-refractivity contribution in [3.63, 3.8) is 0 Å². The van der Waals surface area contributed by atoms with E-state index in [9.17, 15) is 9.90 Å². The van der Waals surface area contributed by atoms with E-state index >= 15 is 0 Å². The van der Waals surface area contributed by atoms with Crippen LogP contribution in [-0.2, 0) is 4.74 Å². The molecule has 0 aliphatic carbocycles. The van der Waals surface area contributed by atoms with Gasteiger partial charge < -0.3 is 9.84 Å². The molecule has 0 saturated carbocycles. The monoisotopic (exact) mass is 268 g/mol. The first-order valence-corrected chi connectivity index (χ1v) is 6.37. The summed E-state index contributed by atoms with van der Waals surface area (Å²) >= 11 is 0. The van der Waals surface area contributed by atoms with Crippen molar-refractivity contribution in [2.45, 2.75) is 12.2 Å². The number of aromatic nitrogens is 2. The second kappa shape index (κ2) is 3.88. The van der Waals surface area contributed by atoms with Gasteiger partial charge in [0, 0.05) is 24.1 Å². The number of hydrogen-bond donors (Lipinski definition) is 1. The third-order valence-electron chi connectivity index (χ3n) is 3.89. The molecule has 0 saturated heterocycles. The van der Waals surface area contributed by atoms with Gasteiger partial charge in [-0.3, -0.25) is 14.3 Å². The maximum Gasteiger partial charge on any atom is 0.263 e. The zero-order chi connectivity index (χ0) is 13.9. The zero-order valence-corrected chi connectivity index (χ0v) is 10.8. The first-order valence-electron chi connectivity index (χ1n) is 6.37. The van der Waals surface area contributed by atoms with Crippen molar-refractivity contribution >= 4 is 27.7 Å². The molecule has 1 aromatic carbocycles. The maximum atomic E-state index is 12.5. The fourth-order valence-electron chi connectivity index (χ4n) is 3.03. The van der Waals surface area contributed by atoms with Gasteiger partial charge in [0.25, 0.3) is 5.91 Å². The molecule has 2 atom stereocenters. The average molecular weight is 268 g/mol. The Morgan fingerprint density at radius 1 is 1.25 bits per heavy atom. The fraction of sp³-hybridized carbons (Fsp3) is 0.200. The summed E-state index contributed by atoms with van der Waals surface area (Å²) in [6.45, 7) is 0. The molecule has 4 rings (SSSR count). The third kappa shape index (κ3) is 1.23. The van der Waals surface area contributed by atoms with Crippen LogP contribution in [0.1, 0.15) is 16.6 Å². The number of carbonyl (C=O) groups is 1. The topological polar surface area (TPSA) is 64.4 Å². The van der Waals surface area contributed by atoms with Crippen LogP contribution in [0, 0.1) is 0 Å². The third-order valence-corrected chi connectivity index (χ3v) is 3.89. The van der Waals surface area contributed by atoms with E-state index in [0.29, 0.717) is 5.69 Å². The molecule has 0 fully saturated rings. The summed E-state index contributed by atoms with van der Waals surface area (Å²) in [7, 11) is 1.47. The number of hydrogen-bond acceptors (Lipinski definition) is 4. The first kappa shape index (κ1) is 11.6. The summed E-state index contributed by atoms with van der Waals surface area (Å²) < 4.78 is 6.82. The van der Waals surface area contributed by atoms with E-state index in [1.807, 2.05) is 30.3 Å². The van der Waals surface area contributed by atoms with Crippen molar-refractivity contribution < 1.29 is 14.6 Å². The molecule has 1 aliphatic rings. The minimum absolute atomic E-state index is 0.372. The lowest BCUT2D eigenvalue weighted by Crippen LogP contribution is -2.37. The molecule has 0 radical (unpaired) electrons. The summed E-state index contributed by atoms with van der Waals surface area (Å²) in [5.41, 5.74) is 2.12. The number of methoxy groups -OCH3 is 1. The predicted octanol–water partition coefficient (Wildman–Crippen LogP) is 1.89. The highest BCUT2D eigenvalue weighted by atomic mass is 16.5. The molecule has 0 spiro atoms. The van der Waals surface area contributed by atoms with Crippen molar-refractivity contribution in [1.82, 2.24) is 9.55 Å². The van der Waals surface area contributed by atoms with Gasteiger partial charge >= 0.3 is 0 Å². The van der Waals surface area contributed by atoms with Crippen LogP contribution in [0.15, 0.2) is 36.5 Å². The fourth-order valence-corrected chi connectivity index (χ4v) is 3.03. The standard InChI is InChI=1S/C15H12N2O3/c1-20-14-11-12-9(6-7-16-11)8-4-2-3-5-10(8)17(12)15(19)13(14)18/h2-7,13-14,18H,1H3. The number of para-hydroxylation sites is 1. The second-order valence-electron chi connectivity index (χ2n) is 4.88. The molecule has 100 valence electrons. The Bertz CT molecular complexity index is 853. The van der Waals surface area contributed by atoms with Crippen molar-refractivity contribution in [2.75, 3.05) is 7.11 Å². The summed E-state index contributed by atoms with van der Waals surface area (Å²) in [6, 6.07) is 9.52. The lowest BCUT2D eigenvalue weighted by molar-refractivity contribution is -0.0131. The van der Waals surface area contributed by atoms with E-state index < -0.39 is 12.2 Å². The average Bonchev–Trinajstić information content (AvgIpc) is 2.82. The van der Waals surface area contributed by atoms with Crippen molar-refractivity contribution in [2.24, 2.45) is 0 Å². The van der Waals surface area contributed by atoms with E-state index in [4.69, 9.17) is 4.74 Å². The van der Waals surface area contributed by atoms with Gasteiger partial charge in [-0.15, -0.1) is 0 Å². The van der Waals surface area contributed by atoms with Crippen molar-refractivity contribution in [3.05, 3.63) is 42.2 Å². The Hall–Kier alpha value is -2.24. The Morgan fingerprint density at radius 3 is 2.85 bits per heavy atom. The molecule has 3 aromatic rings. The van der Waals surface area contributed by atoms with E-state index in [-0.39, 0.29) is 5.91 Å². The maximum absolute atomic E-state index is 12.5. The summed E-state index contributed by atoms with van der Waals surface area (Å²) in [4.78, 5) is 16.8.